The third kappa shape index (κ3) is 2.96. The zero-order valence-corrected chi connectivity index (χ0v) is 8.91. The summed E-state index contributed by atoms with van der Waals surface area (Å²) in [5.74, 6) is -0.131. The highest BCUT2D eigenvalue weighted by atomic mass is 35.5. The summed E-state index contributed by atoms with van der Waals surface area (Å²) in [4.78, 5) is 11.4. The van der Waals surface area contributed by atoms with Crippen LogP contribution < -0.4 is 0 Å². The van der Waals surface area contributed by atoms with Crippen molar-refractivity contribution in [2.75, 3.05) is 5.88 Å². The summed E-state index contributed by atoms with van der Waals surface area (Å²) in [5, 5.41) is -0.0262. The van der Waals surface area contributed by atoms with Crippen LogP contribution >= 0.6 is 23.2 Å². The Morgan fingerprint density at radius 2 is 2.14 bits per heavy atom. The Labute approximate surface area is 91.8 Å². The van der Waals surface area contributed by atoms with Crippen molar-refractivity contribution < 1.29 is 9.18 Å². The van der Waals surface area contributed by atoms with E-state index in [-0.39, 0.29) is 10.8 Å². The molecule has 0 aliphatic heterocycles. The molecular weight excluding hydrogens is 226 g/mol. The molecule has 0 aromatic heterocycles. The highest BCUT2D eigenvalue weighted by Crippen LogP contribution is 2.17. The molecule has 14 heavy (non-hydrogen) atoms. The maximum absolute atomic E-state index is 12.7. The lowest BCUT2D eigenvalue weighted by Gasteiger charge is -2.00. The van der Waals surface area contributed by atoms with Gasteiger partial charge in [-0.1, -0.05) is 11.6 Å². The second-order valence-electron chi connectivity index (χ2n) is 2.84. The van der Waals surface area contributed by atoms with Crippen LogP contribution in [0.5, 0.6) is 0 Å². The van der Waals surface area contributed by atoms with Crippen LogP contribution in [0.2, 0.25) is 5.02 Å². The predicted octanol–water partition coefficient (Wildman–Crippen LogP) is 3.68. The number of benzene rings is 1. The number of Topliss-reactive ketones (excluding diaryl/α,β-unsaturated/α-hetero) is 1. The van der Waals surface area contributed by atoms with Gasteiger partial charge in [-0.3, -0.25) is 4.79 Å². The lowest BCUT2D eigenvalue weighted by atomic mass is 10.1. The summed E-state index contributed by atoms with van der Waals surface area (Å²) in [6.07, 6.45) is 0.987. The average molecular weight is 235 g/mol. The van der Waals surface area contributed by atoms with Gasteiger partial charge in [-0.25, -0.2) is 4.39 Å². The number of rotatable bonds is 4. The van der Waals surface area contributed by atoms with Crippen molar-refractivity contribution in [3.63, 3.8) is 0 Å². The standard InChI is InChI=1S/C10H9Cl2FO/c11-5-1-2-10(14)7-3-4-9(13)8(12)6-7/h3-4,6H,1-2,5H2. The molecule has 1 aromatic rings. The Balaban J connectivity index is 2.76. The van der Waals surface area contributed by atoms with Crippen molar-refractivity contribution in [2.45, 2.75) is 12.8 Å². The lowest BCUT2D eigenvalue weighted by molar-refractivity contribution is 0.0982. The van der Waals surface area contributed by atoms with Gasteiger partial charge in [-0.2, -0.15) is 0 Å². The van der Waals surface area contributed by atoms with Crippen LogP contribution in [0.25, 0.3) is 0 Å². The van der Waals surface area contributed by atoms with Crippen LogP contribution in [-0.2, 0) is 0 Å². The highest BCUT2D eigenvalue weighted by Gasteiger charge is 2.07. The van der Waals surface area contributed by atoms with Crippen molar-refractivity contribution in [1.82, 2.24) is 0 Å². The number of carbonyl (C=O) groups excluding carboxylic acids is 1. The quantitative estimate of drug-likeness (QED) is 0.574. The molecule has 0 aliphatic carbocycles. The van der Waals surface area contributed by atoms with Crippen molar-refractivity contribution in [2.24, 2.45) is 0 Å². The zero-order chi connectivity index (χ0) is 10.6. The summed E-state index contributed by atoms with van der Waals surface area (Å²) in [6, 6.07) is 3.96. The van der Waals surface area contributed by atoms with Crippen LogP contribution in [0.3, 0.4) is 0 Å². The van der Waals surface area contributed by atoms with Gasteiger partial charge in [0.25, 0.3) is 0 Å². The van der Waals surface area contributed by atoms with E-state index in [1.54, 1.807) is 0 Å². The van der Waals surface area contributed by atoms with Gasteiger partial charge < -0.3 is 0 Å². The first-order chi connectivity index (χ1) is 6.65. The molecule has 4 heteroatoms. The van der Waals surface area contributed by atoms with Gasteiger partial charge in [-0.05, 0) is 24.6 Å². The number of hydrogen-bond donors (Lipinski definition) is 0. The fourth-order valence-electron chi connectivity index (χ4n) is 1.04. The molecule has 0 N–H and O–H groups in total. The smallest absolute Gasteiger partial charge is 0.162 e. The van der Waals surface area contributed by atoms with Gasteiger partial charge in [0, 0.05) is 17.9 Å². The van der Waals surface area contributed by atoms with Gasteiger partial charge in [0.1, 0.15) is 5.82 Å². The molecule has 1 rings (SSSR count). The minimum Gasteiger partial charge on any atom is -0.294 e. The molecular formula is C10H9Cl2FO. The van der Waals surface area contributed by atoms with Crippen LogP contribution in [0, 0.1) is 5.82 Å². The SMILES string of the molecule is O=C(CCCCl)c1ccc(F)c(Cl)c1. The van der Waals surface area contributed by atoms with Crippen LogP contribution in [0.1, 0.15) is 23.2 Å². The van der Waals surface area contributed by atoms with E-state index in [0.717, 1.165) is 0 Å². The molecule has 0 heterocycles. The molecule has 0 bridgehead atoms. The first-order valence-electron chi connectivity index (χ1n) is 4.19. The molecule has 0 saturated heterocycles. The van der Waals surface area contributed by atoms with E-state index >= 15 is 0 Å². The Hall–Kier alpha value is -0.600. The topological polar surface area (TPSA) is 17.1 Å². The maximum atomic E-state index is 12.7. The second-order valence-corrected chi connectivity index (χ2v) is 3.63. The first-order valence-corrected chi connectivity index (χ1v) is 5.10. The van der Waals surface area contributed by atoms with E-state index in [1.807, 2.05) is 0 Å². The van der Waals surface area contributed by atoms with E-state index in [0.29, 0.717) is 24.3 Å². The lowest BCUT2D eigenvalue weighted by Crippen LogP contribution is -1.99. The molecule has 0 saturated carbocycles. The number of alkyl halides is 1. The van der Waals surface area contributed by atoms with Gasteiger partial charge in [-0.15, -0.1) is 11.6 Å². The maximum Gasteiger partial charge on any atom is 0.162 e. The molecule has 0 amide bonds. The summed E-state index contributed by atoms with van der Waals surface area (Å²) >= 11 is 11.0. The molecule has 0 atom stereocenters. The monoisotopic (exact) mass is 234 g/mol. The van der Waals surface area contributed by atoms with E-state index < -0.39 is 5.82 Å². The molecule has 0 unspecified atom stereocenters. The van der Waals surface area contributed by atoms with Gasteiger partial charge in [0.2, 0.25) is 0 Å². The van der Waals surface area contributed by atoms with E-state index in [4.69, 9.17) is 23.2 Å². The zero-order valence-electron chi connectivity index (χ0n) is 7.40. The predicted molar refractivity (Wildman–Crippen MR) is 55.7 cm³/mol. The van der Waals surface area contributed by atoms with Crippen LogP contribution in [0.4, 0.5) is 4.39 Å². The fraction of sp³-hybridized carbons (Fsp3) is 0.300. The van der Waals surface area contributed by atoms with E-state index in [2.05, 4.69) is 0 Å². The Kier molecular flexibility index (Phi) is 4.36. The van der Waals surface area contributed by atoms with Crippen molar-refractivity contribution in [1.29, 1.82) is 0 Å². The molecule has 0 radical (unpaired) electrons. The van der Waals surface area contributed by atoms with Gasteiger partial charge in [0.15, 0.2) is 5.78 Å². The summed E-state index contributed by atoms with van der Waals surface area (Å²) in [5.41, 5.74) is 0.432. The number of ketones is 1. The number of halogens is 3. The highest BCUT2D eigenvalue weighted by molar-refractivity contribution is 6.31. The minimum atomic E-state index is -0.513. The largest absolute Gasteiger partial charge is 0.294 e. The molecule has 0 aliphatic rings. The first kappa shape index (κ1) is 11.5. The molecule has 76 valence electrons. The van der Waals surface area contributed by atoms with Crippen molar-refractivity contribution in [3.05, 3.63) is 34.6 Å². The number of carbonyl (C=O) groups is 1. The number of hydrogen-bond acceptors (Lipinski definition) is 1. The average Bonchev–Trinajstić information content (AvgIpc) is 2.18. The van der Waals surface area contributed by atoms with E-state index in [9.17, 15) is 9.18 Å². The van der Waals surface area contributed by atoms with Gasteiger partial charge >= 0.3 is 0 Å². The summed E-state index contributed by atoms with van der Waals surface area (Å²) in [6.45, 7) is 0. The fourth-order valence-corrected chi connectivity index (χ4v) is 1.36. The molecule has 1 nitrogen and oxygen atoms in total. The minimum absolute atomic E-state index is 0.0262. The van der Waals surface area contributed by atoms with Crippen LogP contribution in [0.15, 0.2) is 18.2 Å². The Morgan fingerprint density at radius 3 is 2.71 bits per heavy atom. The summed E-state index contributed by atoms with van der Waals surface area (Å²) < 4.78 is 12.7. The van der Waals surface area contributed by atoms with Crippen molar-refractivity contribution in [3.8, 4) is 0 Å². The second kappa shape index (κ2) is 5.32. The van der Waals surface area contributed by atoms with E-state index in [1.165, 1.54) is 18.2 Å². The Bertz CT molecular complexity index is 339. The molecule has 1 aromatic carbocycles. The Morgan fingerprint density at radius 1 is 1.43 bits per heavy atom. The molecule has 0 spiro atoms. The van der Waals surface area contributed by atoms with Gasteiger partial charge in [0.05, 0.1) is 5.02 Å². The molecule has 0 fully saturated rings. The van der Waals surface area contributed by atoms with Crippen LogP contribution in [-0.4, -0.2) is 11.7 Å². The third-order valence-electron chi connectivity index (χ3n) is 1.78. The summed E-state index contributed by atoms with van der Waals surface area (Å²) in [7, 11) is 0. The normalized spacial score (nSPS) is 10.2. The van der Waals surface area contributed by atoms with Crippen molar-refractivity contribution >= 4 is 29.0 Å². The third-order valence-corrected chi connectivity index (χ3v) is 2.34.